The monoisotopic (exact) mass is 264 g/mol. The van der Waals surface area contributed by atoms with Gasteiger partial charge in [0.15, 0.2) is 0 Å². The van der Waals surface area contributed by atoms with Gasteiger partial charge in [-0.3, -0.25) is 0 Å². The van der Waals surface area contributed by atoms with E-state index in [0.29, 0.717) is 13.1 Å². The van der Waals surface area contributed by atoms with E-state index in [0.717, 1.165) is 0 Å². The number of hydrogen-bond donors (Lipinski definition) is 2. The highest BCUT2D eigenvalue weighted by atomic mass is 16.6. The minimum absolute atomic E-state index is 0.265. The average molecular weight is 264 g/mol. The molecule has 0 aliphatic rings. The van der Waals surface area contributed by atoms with Crippen molar-refractivity contribution in [1.29, 1.82) is 0 Å². The molecule has 1 rings (SSSR count). The summed E-state index contributed by atoms with van der Waals surface area (Å²) in [5, 5.41) is 6.07. The first-order valence-electron chi connectivity index (χ1n) is 6.63. The van der Waals surface area contributed by atoms with Crippen molar-refractivity contribution >= 4 is 6.09 Å². The van der Waals surface area contributed by atoms with Gasteiger partial charge in [0.2, 0.25) is 0 Å². The fourth-order valence-electron chi connectivity index (χ4n) is 1.63. The lowest BCUT2D eigenvalue weighted by Gasteiger charge is -2.20. The third kappa shape index (κ3) is 6.82. The predicted molar refractivity (Wildman–Crippen MR) is 77.1 cm³/mol. The third-order valence-corrected chi connectivity index (χ3v) is 2.54. The molecule has 1 unspecified atom stereocenters. The van der Waals surface area contributed by atoms with E-state index in [2.05, 4.69) is 29.7 Å². The first-order chi connectivity index (χ1) is 8.88. The summed E-state index contributed by atoms with van der Waals surface area (Å²) in [6.45, 7) is 8.90. The average Bonchev–Trinajstić information content (AvgIpc) is 2.33. The highest BCUT2D eigenvalue weighted by Crippen LogP contribution is 2.10. The first kappa shape index (κ1) is 15.5. The maximum atomic E-state index is 11.4. The van der Waals surface area contributed by atoms with Crippen LogP contribution in [0.5, 0.6) is 0 Å². The molecule has 19 heavy (non-hydrogen) atoms. The van der Waals surface area contributed by atoms with Crippen LogP contribution >= 0.6 is 0 Å². The van der Waals surface area contributed by atoms with E-state index in [9.17, 15) is 4.79 Å². The van der Waals surface area contributed by atoms with Crippen LogP contribution in [0, 0.1) is 0 Å². The Kier molecular flexibility index (Phi) is 5.83. The quantitative estimate of drug-likeness (QED) is 0.804. The van der Waals surface area contributed by atoms with E-state index in [1.54, 1.807) is 0 Å². The van der Waals surface area contributed by atoms with Crippen molar-refractivity contribution in [2.24, 2.45) is 0 Å². The minimum Gasteiger partial charge on any atom is -0.444 e. The molecule has 4 heteroatoms. The Bertz CT molecular complexity index is 385. The Labute approximate surface area is 115 Å². The van der Waals surface area contributed by atoms with Crippen molar-refractivity contribution in [1.82, 2.24) is 10.6 Å². The van der Waals surface area contributed by atoms with Gasteiger partial charge >= 0.3 is 6.09 Å². The number of carbonyl (C=O) groups excluding carboxylic acids is 1. The molecule has 0 saturated carbocycles. The lowest BCUT2D eigenvalue weighted by molar-refractivity contribution is 0.0528. The van der Waals surface area contributed by atoms with Crippen molar-refractivity contribution in [3.8, 4) is 0 Å². The zero-order chi connectivity index (χ0) is 14.3. The summed E-state index contributed by atoms with van der Waals surface area (Å²) in [6.07, 6.45) is -0.373. The van der Waals surface area contributed by atoms with Crippen molar-refractivity contribution in [3.05, 3.63) is 35.9 Å². The SMILES string of the molecule is CC(NCCNC(=O)OC(C)(C)C)c1ccccc1. The molecule has 1 amide bonds. The zero-order valence-corrected chi connectivity index (χ0v) is 12.2. The van der Waals surface area contributed by atoms with E-state index in [1.807, 2.05) is 39.0 Å². The molecule has 0 aliphatic carbocycles. The Balaban J connectivity index is 2.19. The second kappa shape index (κ2) is 7.14. The van der Waals surface area contributed by atoms with Crippen molar-refractivity contribution in [2.75, 3.05) is 13.1 Å². The Hall–Kier alpha value is -1.55. The standard InChI is InChI=1S/C15H24N2O2/c1-12(13-8-6-5-7-9-13)16-10-11-17-14(18)19-15(2,3)4/h5-9,12,16H,10-11H2,1-4H3,(H,17,18). The molecule has 0 bridgehead atoms. The summed E-state index contributed by atoms with van der Waals surface area (Å²) in [7, 11) is 0. The molecule has 2 N–H and O–H groups in total. The number of ether oxygens (including phenoxy) is 1. The lowest BCUT2D eigenvalue weighted by atomic mass is 10.1. The predicted octanol–water partition coefficient (Wildman–Crippen LogP) is 2.86. The largest absolute Gasteiger partial charge is 0.444 e. The van der Waals surface area contributed by atoms with Gasteiger partial charge in [-0.25, -0.2) is 4.79 Å². The second-order valence-electron chi connectivity index (χ2n) is 5.52. The van der Waals surface area contributed by atoms with Crippen LogP contribution < -0.4 is 10.6 Å². The Morgan fingerprint density at radius 1 is 1.21 bits per heavy atom. The smallest absolute Gasteiger partial charge is 0.407 e. The summed E-state index contributed by atoms with van der Waals surface area (Å²) in [6, 6.07) is 10.5. The van der Waals surface area contributed by atoms with Gasteiger partial charge in [-0.05, 0) is 33.3 Å². The van der Waals surface area contributed by atoms with Crippen LogP contribution in [-0.2, 0) is 4.74 Å². The summed E-state index contributed by atoms with van der Waals surface area (Å²) < 4.78 is 5.15. The minimum atomic E-state index is -0.450. The van der Waals surface area contributed by atoms with Crippen LogP contribution in [0.2, 0.25) is 0 Å². The van der Waals surface area contributed by atoms with Crippen LogP contribution in [-0.4, -0.2) is 24.8 Å². The number of amides is 1. The number of rotatable bonds is 5. The fraction of sp³-hybridized carbons (Fsp3) is 0.533. The fourth-order valence-corrected chi connectivity index (χ4v) is 1.63. The van der Waals surface area contributed by atoms with Gasteiger partial charge in [-0.15, -0.1) is 0 Å². The number of nitrogens with one attached hydrogen (secondary N) is 2. The molecule has 1 atom stereocenters. The van der Waals surface area contributed by atoms with Crippen LogP contribution in [0.4, 0.5) is 4.79 Å². The van der Waals surface area contributed by atoms with Gasteiger partial charge in [0.05, 0.1) is 0 Å². The van der Waals surface area contributed by atoms with E-state index in [-0.39, 0.29) is 12.1 Å². The van der Waals surface area contributed by atoms with E-state index >= 15 is 0 Å². The highest BCUT2D eigenvalue weighted by molar-refractivity contribution is 5.67. The van der Waals surface area contributed by atoms with Crippen LogP contribution in [0.1, 0.15) is 39.3 Å². The summed E-state index contributed by atoms with van der Waals surface area (Å²) >= 11 is 0. The van der Waals surface area contributed by atoms with Crippen LogP contribution in [0.15, 0.2) is 30.3 Å². The Morgan fingerprint density at radius 3 is 2.42 bits per heavy atom. The molecular formula is C15H24N2O2. The van der Waals surface area contributed by atoms with Gasteiger partial charge in [0, 0.05) is 19.1 Å². The maximum absolute atomic E-state index is 11.4. The molecule has 0 aromatic heterocycles. The zero-order valence-electron chi connectivity index (χ0n) is 12.2. The van der Waals surface area contributed by atoms with Crippen LogP contribution in [0.3, 0.4) is 0 Å². The molecule has 106 valence electrons. The van der Waals surface area contributed by atoms with Crippen molar-refractivity contribution < 1.29 is 9.53 Å². The first-order valence-corrected chi connectivity index (χ1v) is 6.63. The number of benzene rings is 1. The molecular weight excluding hydrogens is 240 g/mol. The molecule has 1 aromatic carbocycles. The van der Waals surface area contributed by atoms with Gasteiger partial charge in [0.25, 0.3) is 0 Å². The summed E-state index contributed by atoms with van der Waals surface area (Å²) in [5.74, 6) is 0. The second-order valence-corrected chi connectivity index (χ2v) is 5.52. The van der Waals surface area contributed by atoms with E-state index < -0.39 is 5.60 Å². The molecule has 0 saturated heterocycles. The van der Waals surface area contributed by atoms with Gasteiger partial charge < -0.3 is 15.4 Å². The molecule has 1 aromatic rings. The van der Waals surface area contributed by atoms with Crippen molar-refractivity contribution in [3.63, 3.8) is 0 Å². The summed E-state index contributed by atoms with van der Waals surface area (Å²) in [4.78, 5) is 11.4. The van der Waals surface area contributed by atoms with E-state index in [1.165, 1.54) is 5.56 Å². The molecule has 0 spiro atoms. The third-order valence-electron chi connectivity index (χ3n) is 2.54. The topological polar surface area (TPSA) is 50.4 Å². The molecule has 0 radical (unpaired) electrons. The van der Waals surface area contributed by atoms with Crippen LogP contribution in [0.25, 0.3) is 0 Å². The summed E-state index contributed by atoms with van der Waals surface area (Å²) in [5.41, 5.74) is 0.786. The highest BCUT2D eigenvalue weighted by Gasteiger charge is 2.15. The number of hydrogen-bond acceptors (Lipinski definition) is 3. The van der Waals surface area contributed by atoms with Gasteiger partial charge in [-0.1, -0.05) is 30.3 Å². The van der Waals surface area contributed by atoms with Crippen molar-refractivity contribution in [2.45, 2.75) is 39.3 Å². The van der Waals surface area contributed by atoms with Gasteiger partial charge in [-0.2, -0.15) is 0 Å². The number of carbonyl (C=O) groups is 1. The van der Waals surface area contributed by atoms with E-state index in [4.69, 9.17) is 4.74 Å². The molecule has 0 aliphatic heterocycles. The lowest BCUT2D eigenvalue weighted by Crippen LogP contribution is -2.36. The Morgan fingerprint density at radius 2 is 1.84 bits per heavy atom. The molecule has 4 nitrogen and oxygen atoms in total. The van der Waals surface area contributed by atoms with Gasteiger partial charge in [0.1, 0.15) is 5.60 Å². The number of alkyl carbamates (subject to hydrolysis) is 1. The normalized spacial score (nSPS) is 12.8. The maximum Gasteiger partial charge on any atom is 0.407 e. The molecule has 0 fully saturated rings. The molecule has 0 heterocycles.